The van der Waals surface area contributed by atoms with Gasteiger partial charge in [0.25, 0.3) is 11.8 Å². The first-order valence-corrected chi connectivity index (χ1v) is 11.7. The van der Waals surface area contributed by atoms with Crippen molar-refractivity contribution in [3.8, 4) is 11.5 Å². The number of ether oxygens (including phenoxy) is 3. The number of nitrogens with zero attached hydrogens (tertiary/aromatic N) is 1. The van der Waals surface area contributed by atoms with E-state index in [-0.39, 0.29) is 24.7 Å². The van der Waals surface area contributed by atoms with Crippen LogP contribution in [0.1, 0.15) is 5.56 Å². The molecule has 11 heteroatoms. The first-order chi connectivity index (χ1) is 16.4. The van der Waals surface area contributed by atoms with Crippen molar-refractivity contribution in [2.24, 2.45) is 0 Å². The molecule has 2 N–H and O–H groups in total. The zero-order valence-electron chi connectivity index (χ0n) is 18.1. The number of para-hydroxylation sites is 1. The average molecular weight is 487 g/mol. The molecule has 0 saturated carbocycles. The Morgan fingerprint density at radius 1 is 1.12 bits per heavy atom. The number of hydrogen-bond donors (Lipinski definition) is 2. The van der Waals surface area contributed by atoms with Gasteiger partial charge in [-0.15, -0.1) is 0 Å². The molecule has 0 aromatic heterocycles. The smallest absolute Gasteiger partial charge is 0.358 e. The number of fused-ring (bicyclic) bond motifs is 1. The second-order valence-corrected chi connectivity index (χ2v) is 9.02. The fourth-order valence-electron chi connectivity index (χ4n) is 3.57. The van der Waals surface area contributed by atoms with Gasteiger partial charge in [0.15, 0.2) is 12.3 Å². The van der Waals surface area contributed by atoms with Crippen LogP contribution in [0, 0.1) is 0 Å². The Hall–Kier alpha value is -3.86. The van der Waals surface area contributed by atoms with E-state index in [2.05, 4.69) is 5.32 Å². The van der Waals surface area contributed by atoms with Crippen LogP contribution in [0.3, 0.4) is 0 Å². The minimum atomic E-state index is -1.73. The van der Waals surface area contributed by atoms with Crippen molar-refractivity contribution in [1.29, 1.82) is 0 Å². The molecule has 2 aromatic carbocycles. The molecular formula is C23H22N2O8S. The largest absolute Gasteiger partial charge is 0.509 e. The van der Waals surface area contributed by atoms with Crippen LogP contribution in [0.2, 0.25) is 0 Å². The molecular weight excluding hydrogens is 464 g/mol. The zero-order chi connectivity index (χ0) is 24.2. The van der Waals surface area contributed by atoms with E-state index in [4.69, 9.17) is 14.2 Å². The summed E-state index contributed by atoms with van der Waals surface area (Å²) >= 11 is 0. The predicted octanol–water partition coefficient (Wildman–Crippen LogP) is 1.00. The van der Waals surface area contributed by atoms with Gasteiger partial charge < -0.3 is 24.6 Å². The van der Waals surface area contributed by atoms with Crippen molar-refractivity contribution in [3.63, 3.8) is 0 Å². The molecule has 0 aliphatic carbocycles. The summed E-state index contributed by atoms with van der Waals surface area (Å²) in [7, 11) is -0.195. The summed E-state index contributed by atoms with van der Waals surface area (Å²) in [4.78, 5) is 38.6. The number of β-lactam (4-membered cyclic amide) rings is 1. The predicted molar refractivity (Wildman–Crippen MR) is 120 cm³/mol. The van der Waals surface area contributed by atoms with E-state index < -0.39 is 45.8 Å². The fourth-order valence-corrected chi connectivity index (χ4v) is 5.08. The molecule has 3 atom stereocenters. The highest BCUT2D eigenvalue weighted by Gasteiger charge is 2.57. The highest BCUT2D eigenvalue weighted by Crippen LogP contribution is 2.34. The van der Waals surface area contributed by atoms with Crippen LogP contribution in [-0.4, -0.2) is 62.9 Å². The third-order valence-electron chi connectivity index (χ3n) is 5.26. The van der Waals surface area contributed by atoms with Crippen molar-refractivity contribution < 1.29 is 37.9 Å². The van der Waals surface area contributed by atoms with Gasteiger partial charge in [0.2, 0.25) is 0 Å². The molecule has 4 rings (SSSR count). The molecule has 2 amide bonds. The molecule has 1 saturated heterocycles. The number of aliphatic hydroxyl groups excluding tert-OH is 1. The number of benzene rings is 2. The zero-order valence-corrected chi connectivity index (χ0v) is 18.9. The standard InChI is InChI=1S/C23H22N2O8S/c1-31-15-9-7-14(8-10-15)11-33-23(29)20-17(26)13-34(30)22-19(21(28)25(20)22)24-18(27)12-32-16-5-3-2-4-6-16/h2-10,19,22,26H,11-13H2,1H3,(H,24,27)/t19?,22-,34?/m1/s1. The summed E-state index contributed by atoms with van der Waals surface area (Å²) in [6.45, 7) is -0.447. The van der Waals surface area contributed by atoms with E-state index in [1.54, 1.807) is 54.6 Å². The van der Waals surface area contributed by atoms with Crippen molar-refractivity contribution in [2.75, 3.05) is 19.5 Å². The second kappa shape index (κ2) is 9.96. The molecule has 2 heterocycles. The first-order valence-electron chi connectivity index (χ1n) is 10.3. The third-order valence-corrected chi connectivity index (χ3v) is 6.84. The fraction of sp³-hybridized carbons (Fsp3) is 0.261. The quantitative estimate of drug-likeness (QED) is 0.417. The maximum atomic E-state index is 12.7. The molecule has 1 fully saturated rings. The van der Waals surface area contributed by atoms with Crippen molar-refractivity contribution >= 4 is 28.6 Å². The number of rotatable bonds is 8. The molecule has 0 bridgehead atoms. The molecule has 34 heavy (non-hydrogen) atoms. The SMILES string of the molecule is COc1ccc(COC(=O)C2=C(O)CS(=O)[C@@H]3C(NC(=O)COc4ccccc4)C(=O)N23)cc1. The molecule has 2 aromatic rings. The Morgan fingerprint density at radius 2 is 1.82 bits per heavy atom. The molecule has 0 spiro atoms. The Kier molecular flexibility index (Phi) is 6.82. The van der Waals surface area contributed by atoms with E-state index in [0.29, 0.717) is 17.1 Å². The van der Waals surface area contributed by atoms with Crippen LogP contribution in [0.15, 0.2) is 66.1 Å². The molecule has 0 radical (unpaired) electrons. The number of methoxy groups -OCH3 is 1. The summed E-state index contributed by atoms with van der Waals surface area (Å²) in [6, 6.07) is 14.4. The molecule has 2 unspecified atom stereocenters. The van der Waals surface area contributed by atoms with E-state index in [1.807, 2.05) is 0 Å². The lowest BCUT2D eigenvalue weighted by Crippen LogP contribution is -2.73. The summed E-state index contributed by atoms with van der Waals surface area (Å²) < 4.78 is 28.3. The number of carbonyl (C=O) groups excluding carboxylic acids is 3. The van der Waals surface area contributed by atoms with E-state index >= 15 is 0 Å². The van der Waals surface area contributed by atoms with Crippen molar-refractivity contribution in [3.05, 3.63) is 71.6 Å². The number of aliphatic hydroxyl groups is 1. The highest BCUT2D eigenvalue weighted by molar-refractivity contribution is 7.86. The lowest BCUT2D eigenvalue weighted by Gasteiger charge is -2.48. The number of amides is 2. The van der Waals surface area contributed by atoms with Crippen molar-refractivity contribution in [2.45, 2.75) is 18.0 Å². The maximum absolute atomic E-state index is 12.7. The Labute approximate surface area is 197 Å². The summed E-state index contributed by atoms with van der Waals surface area (Å²) in [5.74, 6) is -1.90. The minimum Gasteiger partial charge on any atom is -0.509 e. The Bertz CT molecular complexity index is 1150. The van der Waals surface area contributed by atoms with Gasteiger partial charge in [0, 0.05) is 0 Å². The van der Waals surface area contributed by atoms with E-state index in [9.17, 15) is 23.7 Å². The number of hydrogen-bond acceptors (Lipinski definition) is 8. The lowest BCUT2D eigenvalue weighted by molar-refractivity contribution is -0.154. The van der Waals surface area contributed by atoms with E-state index in [1.165, 1.54) is 7.11 Å². The third kappa shape index (κ3) is 4.74. The maximum Gasteiger partial charge on any atom is 0.358 e. The molecule has 2 aliphatic heterocycles. The van der Waals surface area contributed by atoms with Crippen LogP contribution in [0.4, 0.5) is 0 Å². The second-order valence-electron chi connectivity index (χ2n) is 7.49. The Balaban J connectivity index is 1.38. The summed E-state index contributed by atoms with van der Waals surface area (Å²) in [5, 5.41) is 11.8. The summed E-state index contributed by atoms with van der Waals surface area (Å²) in [5.41, 5.74) is 0.304. The first kappa shape index (κ1) is 23.3. The van der Waals surface area contributed by atoms with E-state index in [0.717, 1.165) is 4.90 Å². The number of carbonyl (C=O) groups is 3. The van der Waals surface area contributed by atoms with Crippen LogP contribution in [0.25, 0.3) is 0 Å². The van der Waals surface area contributed by atoms with Gasteiger partial charge in [0.05, 0.1) is 23.7 Å². The van der Waals surface area contributed by atoms with Gasteiger partial charge in [-0.05, 0) is 29.8 Å². The van der Waals surface area contributed by atoms with Gasteiger partial charge in [-0.2, -0.15) is 0 Å². The van der Waals surface area contributed by atoms with Crippen LogP contribution in [-0.2, 0) is 36.5 Å². The molecule has 10 nitrogen and oxygen atoms in total. The molecule has 2 aliphatic rings. The normalized spacial score (nSPS) is 21.3. The molecule has 178 valence electrons. The minimum absolute atomic E-state index is 0.105. The van der Waals surface area contributed by atoms with Gasteiger partial charge >= 0.3 is 5.97 Å². The monoisotopic (exact) mass is 486 g/mol. The lowest BCUT2D eigenvalue weighted by atomic mass is 10.0. The summed E-state index contributed by atoms with van der Waals surface area (Å²) in [6.07, 6.45) is 0. The number of esters is 1. The van der Waals surface area contributed by atoms with Crippen LogP contribution < -0.4 is 14.8 Å². The van der Waals surface area contributed by atoms with Gasteiger partial charge in [-0.25, -0.2) is 4.79 Å². The van der Waals surface area contributed by atoms with Gasteiger partial charge in [0.1, 0.15) is 35.3 Å². The highest BCUT2D eigenvalue weighted by atomic mass is 32.2. The number of nitrogens with one attached hydrogen (secondary N) is 1. The average Bonchev–Trinajstić information content (AvgIpc) is 2.85. The van der Waals surface area contributed by atoms with Crippen LogP contribution >= 0.6 is 0 Å². The van der Waals surface area contributed by atoms with Crippen LogP contribution in [0.5, 0.6) is 11.5 Å². The van der Waals surface area contributed by atoms with Gasteiger partial charge in [-0.1, -0.05) is 30.3 Å². The topological polar surface area (TPSA) is 131 Å². The van der Waals surface area contributed by atoms with Crippen molar-refractivity contribution in [1.82, 2.24) is 10.2 Å². The Morgan fingerprint density at radius 3 is 2.50 bits per heavy atom. The van der Waals surface area contributed by atoms with Gasteiger partial charge in [-0.3, -0.25) is 18.7 Å².